The van der Waals surface area contributed by atoms with Crippen molar-refractivity contribution in [2.24, 2.45) is 0 Å². The van der Waals surface area contributed by atoms with Crippen molar-refractivity contribution in [3.8, 4) is 28.7 Å². The third-order valence-electron chi connectivity index (χ3n) is 3.90. The molecule has 22 heavy (non-hydrogen) atoms. The molecule has 0 saturated heterocycles. The van der Waals surface area contributed by atoms with E-state index in [0.29, 0.717) is 23.0 Å². The Hall–Kier alpha value is -2.56. The van der Waals surface area contributed by atoms with Crippen LogP contribution < -0.4 is 18.9 Å². The molecule has 5 nitrogen and oxygen atoms in total. The molecule has 0 bridgehead atoms. The molecule has 3 rings (SSSR count). The summed E-state index contributed by atoms with van der Waals surface area (Å²) in [6.45, 7) is 2.20. The fraction of sp³-hybridized carbons (Fsp3) is 0.294. The van der Waals surface area contributed by atoms with Gasteiger partial charge in [-0.05, 0) is 23.8 Å². The van der Waals surface area contributed by atoms with Gasteiger partial charge in [0, 0.05) is 17.5 Å². The SMILES string of the molecule is COc1ccc(C(C)c2cc3c(cc2O)OCO3)cc1OC. The van der Waals surface area contributed by atoms with Crippen molar-refractivity contribution in [1.29, 1.82) is 0 Å². The number of phenolic OH excluding ortho intramolecular Hbond substituents is 1. The first-order valence-corrected chi connectivity index (χ1v) is 6.98. The van der Waals surface area contributed by atoms with Gasteiger partial charge >= 0.3 is 0 Å². The Morgan fingerprint density at radius 2 is 1.68 bits per heavy atom. The van der Waals surface area contributed by atoms with Crippen molar-refractivity contribution >= 4 is 0 Å². The van der Waals surface area contributed by atoms with E-state index in [1.54, 1.807) is 20.3 Å². The van der Waals surface area contributed by atoms with Gasteiger partial charge in [0.1, 0.15) is 5.75 Å². The lowest BCUT2D eigenvalue weighted by Gasteiger charge is -2.17. The highest BCUT2D eigenvalue weighted by molar-refractivity contribution is 5.55. The molecule has 0 aliphatic carbocycles. The van der Waals surface area contributed by atoms with E-state index in [9.17, 15) is 5.11 Å². The van der Waals surface area contributed by atoms with E-state index in [-0.39, 0.29) is 18.5 Å². The molecule has 0 aromatic heterocycles. The minimum atomic E-state index is -0.0330. The van der Waals surface area contributed by atoms with E-state index in [1.807, 2.05) is 31.2 Å². The quantitative estimate of drug-likeness (QED) is 0.939. The van der Waals surface area contributed by atoms with Gasteiger partial charge < -0.3 is 24.1 Å². The highest BCUT2D eigenvalue weighted by Gasteiger charge is 2.21. The number of rotatable bonds is 4. The molecule has 0 fully saturated rings. The highest BCUT2D eigenvalue weighted by Crippen LogP contribution is 2.42. The Balaban J connectivity index is 1.99. The number of methoxy groups -OCH3 is 2. The van der Waals surface area contributed by atoms with E-state index in [1.165, 1.54) is 0 Å². The van der Waals surface area contributed by atoms with E-state index in [0.717, 1.165) is 11.1 Å². The lowest BCUT2D eigenvalue weighted by atomic mass is 9.92. The number of fused-ring (bicyclic) bond motifs is 1. The van der Waals surface area contributed by atoms with Crippen LogP contribution >= 0.6 is 0 Å². The van der Waals surface area contributed by atoms with Crippen molar-refractivity contribution in [1.82, 2.24) is 0 Å². The van der Waals surface area contributed by atoms with Crippen molar-refractivity contribution in [3.63, 3.8) is 0 Å². The number of benzene rings is 2. The summed E-state index contributed by atoms with van der Waals surface area (Å²) in [5, 5.41) is 10.2. The molecule has 0 amide bonds. The van der Waals surface area contributed by atoms with Crippen LogP contribution in [0, 0.1) is 0 Å². The van der Waals surface area contributed by atoms with Crippen molar-refractivity contribution < 1.29 is 24.1 Å². The zero-order valence-electron chi connectivity index (χ0n) is 12.8. The number of hydrogen-bond donors (Lipinski definition) is 1. The Kier molecular flexibility index (Phi) is 3.71. The smallest absolute Gasteiger partial charge is 0.231 e. The average molecular weight is 302 g/mol. The summed E-state index contributed by atoms with van der Waals surface area (Å²) in [6.07, 6.45) is 0. The van der Waals surface area contributed by atoms with Crippen LogP contribution in [-0.2, 0) is 0 Å². The summed E-state index contributed by atoms with van der Waals surface area (Å²) in [5.74, 6) is 2.71. The van der Waals surface area contributed by atoms with Gasteiger partial charge in [-0.1, -0.05) is 13.0 Å². The molecule has 1 N–H and O–H groups in total. The molecule has 2 aromatic rings. The predicted molar refractivity (Wildman–Crippen MR) is 81.3 cm³/mol. The molecule has 1 unspecified atom stereocenters. The molecule has 1 heterocycles. The van der Waals surface area contributed by atoms with Crippen LogP contribution in [0.15, 0.2) is 30.3 Å². The zero-order valence-corrected chi connectivity index (χ0v) is 12.8. The van der Waals surface area contributed by atoms with Gasteiger partial charge in [-0.3, -0.25) is 0 Å². The maximum atomic E-state index is 10.2. The molecule has 0 radical (unpaired) electrons. The van der Waals surface area contributed by atoms with Crippen LogP contribution in [0.2, 0.25) is 0 Å². The van der Waals surface area contributed by atoms with Crippen LogP contribution in [0.1, 0.15) is 24.0 Å². The molecule has 0 saturated carbocycles. The standard InChI is InChI=1S/C17H18O5/c1-10(11-4-5-14(19-2)15(6-11)20-3)12-7-16-17(8-13(12)18)22-9-21-16/h4-8,10,18H,9H2,1-3H3. The topological polar surface area (TPSA) is 57.2 Å². The van der Waals surface area contributed by atoms with Gasteiger partial charge in [-0.2, -0.15) is 0 Å². The van der Waals surface area contributed by atoms with Crippen LogP contribution in [0.4, 0.5) is 0 Å². The normalized spacial score (nSPS) is 13.8. The van der Waals surface area contributed by atoms with Crippen LogP contribution in [-0.4, -0.2) is 26.1 Å². The fourth-order valence-corrected chi connectivity index (χ4v) is 2.60. The third kappa shape index (κ3) is 2.39. The molecular formula is C17H18O5. The van der Waals surface area contributed by atoms with Crippen molar-refractivity contribution in [3.05, 3.63) is 41.5 Å². The van der Waals surface area contributed by atoms with E-state index < -0.39 is 0 Å². The predicted octanol–water partition coefficient (Wildman–Crippen LogP) is 3.29. The Bertz CT molecular complexity index is 696. The van der Waals surface area contributed by atoms with Gasteiger partial charge in [0.15, 0.2) is 23.0 Å². The number of hydrogen-bond acceptors (Lipinski definition) is 5. The summed E-state index contributed by atoms with van der Waals surface area (Å²) >= 11 is 0. The number of aromatic hydroxyl groups is 1. The zero-order chi connectivity index (χ0) is 15.7. The van der Waals surface area contributed by atoms with Crippen molar-refractivity contribution in [2.45, 2.75) is 12.8 Å². The molecule has 1 atom stereocenters. The average Bonchev–Trinajstić information content (AvgIpc) is 2.99. The van der Waals surface area contributed by atoms with Gasteiger partial charge in [0.2, 0.25) is 6.79 Å². The second-order valence-corrected chi connectivity index (χ2v) is 5.10. The lowest BCUT2D eigenvalue weighted by Crippen LogP contribution is -1.99. The minimum absolute atomic E-state index is 0.0330. The van der Waals surface area contributed by atoms with E-state index in [2.05, 4.69) is 0 Å². The summed E-state index contributed by atoms with van der Waals surface area (Å²) in [7, 11) is 3.20. The molecule has 1 aliphatic rings. The molecule has 1 aliphatic heterocycles. The maximum absolute atomic E-state index is 10.2. The van der Waals surface area contributed by atoms with E-state index >= 15 is 0 Å². The second-order valence-electron chi connectivity index (χ2n) is 5.10. The van der Waals surface area contributed by atoms with E-state index in [4.69, 9.17) is 18.9 Å². The fourth-order valence-electron chi connectivity index (χ4n) is 2.60. The maximum Gasteiger partial charge on any atom is 0.231 e. The minimum Gasteiger partial charge on any atom is -0.508 e. The molecule has 5 heteroatoms. The van der Waals surface area contributed by atoms with Crippen LogP contribution in [0.25, 0.3) is 0 Å². The van der Waals surface area contributed by atoms with Crippen LogP contribution in [0.3, 0.4) is 0 Å². The van der Waals surface area contributed by atoms with Gasteiger partial charge in [0.05, 0.1) is 14.2 Å². The summed E-state index contributed by atoms with van der Waals surface area (Å²) in [4.78, 5) is 0. The summed E-state index contributed by atoms with van der Waals surface area (Å²) in [6, 6.07) is 9.13. The first kappa shape index (κ1) is 14.4. The van der Waals surface area contributed by atoms with Crippen molar-refractivity contribution in [2.75, 3.05) is 21.0 Å². The number of ether oxygens (including phenoxy) is 4. The Labute approximate surface area is 129 Å². The second kappa shape index (κ2) is 5.67. The number of phenols is 1. The monoisotopic (exact) mass is 302 g/mol. The summed E-state index contributed by atoms with van der Waals surface area (Å²) in [5.41, 5.74) is 1.78. The van der Waals surface area contributed by atoms with Crippen LogP contribution in [0.5, 0.6) is 28.7 Å². The van der Waals surface area contributed by atoms with Gasteiger partial charge in [0.25, 0.3) is 0 Å². The van der Waals surface area contributed by atoms with Gasteiger partial charge in [-0.25, -0.2) is 0 Å². The summed E-state index contributed by atoms with van der Waals surface area (Å²) < 4.78 is 21.2. The van der Waals surface area contributed by atoms with Gasteiger partial charge in [-0.15, -0.1) is 0 Å². The molecular weight excluding hydrogens is 284 g/mol. The molecule has 2 aromatic carbocycles. The largest absolute Gasteiger partial charge is 0.508 e. The first-order chi connectivity index (χ1) is 10.6. The first-order valence-electron chi connectivity index (χ1n) is 6.98. The molecule has 116 valence electrons. The Morgan fingerprint density at radius 1 is 1.00 bits per heavy atom. The highest BCUT2D eigenvalue weighted by atomic mass is 16.7. The lowest BCUT2D eigenvalue weighted by molar-refractivity contribution is 0.174. The molecule has 0 spiro atoms. The Morgan fingerprint density at radius 3 is 2.36 bits per heavy atom. The third-order valence-corrected chi connectivity index (χ3v) is 3.90.